The number of hydrogen-bond acceptors (Lipinski definition) is 0. The van der Waals surface area contributed by atoms with Crippen molar-refractivity contribution in [2.75, 3.05) is 0 Å². The highest BCUT2D eigenvalue weighted by molar-refractivity contribution is 9.10. The Morgan fingerprint density at radius 3 is 2.93 bits per heavy atom. The van der Waals surface area contributed by atoms with Crippen molar-refractivity contribution in [2.24, 2.45) is 5.92 Å². The normalized spacial score (nSPS) is 16.9. The molecule has 0 radical (unpaired) electrons. The summed E-state index contributed by atoms with van der Waals surface area (Å²) in [5.41, 5.74) is 2.74. The fourth-order valence-corrected chi connectivity index (χ4v) is 2.69. The van der Waals surface area contributed by atoms with Crippen molar-refractivity contribution in [2.45, 2.75) is 25.7 Å². The van der Waals surface area contributed by atoms with Crippen molar-refractivity contribution in [3.05, 3.63) is 34.4 Å². The molecule has 1 heterocycles. The van der Waals surface area contributed by atoms with Gasteiger partial charge in [0.15, 0.2) is 0 Å². The zero-order chi connectivity index (χ0) is 10.3. The number of H-pyrrole nitrogens is 1. The summed E-state index contributed by atoms with van der Waals surface area (Å²) in [7, 11) is 0. The lowest BCUT2D eigenvalue weighted by Crippen LogP contribution is -2.13. The lowest BCUT2D eigenvalue weighted by molar-refractivity contribution is 0.315. The van der Waals surface area contributed by atoms with Gasteiger partial charge in [-0.3, -0.25) is 0 Å². The van der Waals surface area contributed by atoms with Crippen molar-refractivity contribution < 1.29 is 0 Å². The highest BCUT2D eigenvalue weighted by Gasteiger charge is 2.19. The van der Waals surface area contributed by atoms with Crippen LogP contribution in [0.4, 0.5) is 0 Å². The summed E-state index contributed by atoms with van der Waals surface area (Å²) < 4.78 is 1.17. The van der Waals surface area contributed by atoms with E-state index in [-0.39, 0.29) is 0 Å². The summed E-state index contributed by atoms with van der Waals surface area (Å²) >= 11 is 3.53. The summed E-state index contributed by atoms with van der Waals surface area (Å²) in [6.07, 6.45) is 7.68. The SMILES string of the molecule is Brc1ccc2[nH]cc(CC3CCC3)c2c1. The molecule has 0 unspecified atom stereocenters. The molecule has 1 aliphatic carbocycles. The lowest BCUT2D eigenvalue weighted by atomic mass is 9.81. The third kappa shape index (κ3) is 1.71. The monoisotopic (exact) mass is 263 g/mol. The van der Waals surface area contributed by atoms with Crippen molar-refractivity contribution in [3.63, 3.8) is 0 Å². The molecule has 15 heavy (non-hydrogen) atoms. The second-order valence-corrected chi connectivity index (χ2v) is 5.42. The van der Waals surface area contributed by atoms with Crippen LogP contribution in [0.3, 0.4) is 0 Å². The molecule has 1 aliphatic rings. The second kappa shape index (κ2) is 3.67. The van der Waals surface area contributed by atoms with E-state index in [0.717, 1.165) is 5.92 Å². The minimum atomic E-state index is 0.933. The van der Waals surface area contributed by atoms with E-state index in [1.165, 1.54) is 46.6 Å². The van der Waals surface area contributed by atoms with Gasteiger partial charge in [-0.05, 0) is 36.1 Å². The van der Waals surface area contributed by atoms with Gasteiger partial charge in [0, 0.05) is 21.6 Å². The van der Waals surface area contributed by atoms with Crippen LogP contribution in [0, 0.1) is 5.92 Å². The first-order valence-electron chi connectivity index (χ1n) is 5.58. The number of benzene rings is 1. The molecular weight excluding hydrogens is 250 g/mol. The average Bonchev–Trinajstić information content (AvgIpc) is 2.54. The van der Waals surface area contributed by atoms with Crippen LogP contribution in [-0.2, 0) is 6.42 Å². The topological polar surface area (TPSA) is 15.8 Å². The Morgan fingerprint density at radius 1 is 1.33 bits per heavy atom. The van der Waals surface area contributed by atoms with Crippen molar-refractivity contribution in [1.29, 1.82) is 0 Å². The summed E-state index contributed by atoms with van der Waals surface area (Å²) in [6.45, 7) is 0. The first kappa shape index (κ1) is 9.46. The number of aromatic amines is 1. The summed E-state index contributed by atoms with van der Waals surface area (Å²) in [5, 5.41) is 1.39. The zero-order valence-electron chi connectivity index (χ0n) is 8.59. The van der Waals surface area contributed by atoms with Crippen LogP contribution in [0.1, 0.15) is 24.8 Å². The van der Waals surface area contributed by atoms with Gasteiger partial charge in [0.05, 0.1) is 0 Å². The molecule has 0 aliphatic heterocycles. The van der Waals surface area contributed by atoms with Gasteiger partial charge in [0.1, 0.15) is 0 Å². The van der Waals surface area contributed by atoms with E-state index in [1.54, 1.807) is 0 Å². The predicted octanol–water partition coefficient (Wildman–Crippen LogP) is 4.27. The molecule has 1 saturated carbocycles. The van der Waals surface area contributed by atoms with Gasteiger partial charge >= 0.3 is 0 Å². The van der Waals surface area contributed by atoms with E-state index in [1.807, 2.05) is 0 Å². The van der Waals surface area contributed by atoms with E-state index in [4.69, 9.17) is 0 Å². The second-order valence-electron chi connectivity index (χ2n) is 4.50. The number of hydrogen-bond donors (Lipinski definition) is 1. The smallest absolute Gasteiger partial charge is 0.0457 e. The predicted molar refractivity (Wildman–Crippen MR) is 67.0 cm³/mol. The first-order valence-corrected chi connectivity index (χ1v) is 6.38. The van der Waals surface area contributed by atoms with Crippen LogP contribution in [0.2, 0.25) is 0 Å². The van der Waals surface area contributed by atoms with Gasteiger partial charge in [-0.2, -0.15) is 0 Å². The number of fused-ring (bicyclic) bond motifs is 1. The largest absolute Gasteiger partial charge is 0.361 e. The van der Waals surface area contributed by atoms with Crippen molar-refractivity contribution >= 4 is 26.8 Å². The Hall–Kier alpha value is -0.760. The van der Waals surface area contributed by atoms with Gasteiger partial charge in [0.25, 0.3) is 0 Å². The number of aromatic nitrogens is 1. The molecule has 3 rings (SSSR count). The van der Waals surface area contributed by atoms with Gasteiger partial charge in [-0.1, -0.05) is 35.2 Å². The fraction of sp³-hybridized carbons (Fsp3) is 0.385. The highest BCUT2D eigenvalue weighted by atomic mass is 79.9. The molecule has 0 amide bonds. The van der Waals surface area contributed by atoms with Crippen LogP contribution < -0.4 is 0 Å². The maximum Gasteiger partial charge on any atom is 0.0457 e. The molecule has 78 valence electrons. The van der Waals surface area contributed by atoms with Crippen molar-refractivity contribution in [1.82, 2.24) is 4.98 Å². The zero-order valence-corrected chi connectivity index (χ0v) is 10.2. The standard InChI is InChI=1S/C13H14BrN/c14-11-4-5-13-12(7-11)10(8-15-13)6-9-2-1-3-9/h4-5,7-9,15H,1-3,6H2. The Kier molecular flexibility index (Phi) is 2.32. The summed E-state index contributed by atoms with van der Waals surface area (Å²) in [5.74, 6) is 0.933. The third-order valence-corrected chi connectivity index (χ3v) is 3.96. The fourth-order valence-electron chi connectivity index (χ4n) is 2.33. The maximum atomic E-state index is 3.53. The van der Waals surface area contributed by atoms with Crippen LogP contribution in [0.25, 0.3) is 10.9 Å². The number of rotatable bonds is 2. The summed E-state index contributed by atoms with van der Waals surface area (Å²) in [4.78, 5) is 3.35. The molecule has 0 atom stereocenters. The molecule has 2 aromatic rings. The number of halogens is 1. The molecule has 2 heteroatoms. The molecule has 1 nitrogen and oxygen atoms in total. The lowest BCUT2D eigenvalue weighted by Gasteiger charge is -2.24. The number of nitrogens with one attached hydrogen (secondary N) is 1. The quantitative estimate of drug-likeness (QED) is 0.833. The maximum absolute atomic E-state index is 3.53. The van der Waals surface area contributed by atoms with Gasteiger partial charge in [0.2, 0.25) is 0 Å². The van der Waals surface area contributed by atoms with Crippen LogP contribution in [-0.4, -0.2) is 4.98 Å². The Morgan fingerprint density at radius 2 is 2.20 bits per heavy atom. The van der Waals surface area contributed by atoms with E-state index >= 15 is 0 Å². The molecule has 0 bridgehead atoms. The van der Waals surface area contributed by atoms with E-state index < -0.39 is 0 Å². The Balaban J connectivity index is 1.98. The molecule has 1 N–H and O–H groups in total. The Labute approximate surface area is 98.0 Å². The van der Waals surface area contributed by atoms with E-state index in [9.17, 15) is 0 Å². The Bertz CT molecular complexity index is 482. The van der Waals surface area contributed by atoms with Crippen molar-refractivity contribution in [3.8, 4) is 0 Å². The van der Waals surface area contributed by atoms with Gasteiger partial charge < -0.3 is 4.98 Å². The minimum absolute atomic E-state index is 0.933. The van der Waals surface area contributed by atoms with E-state index in [0.29, 0.717) is 0 Å². The molecular formula is C13H14BrN. The molecule has 1 aromatic heterocycles. The van der Waals surface area contributed by atoms with Crippen LogP contribution in [0.5, 0.6) is 0 Å². The minimum Gasteiger partial charge on any atom is -0.361 e. The van der Waals surface area contributed by atoms with E-state index in [2.05, 4.69) is 45.3 Å². The summed E-state index contributed by atoms with van der Waals surface area (Å²) in [6, 6.07) is 6.45. The highest BCUT2D eigenvalue weighted by Crippen LogP contribution is 2.32. The van der Waals surface area contributed by atoms with Gasteiger partial charge in [-0.25, -0.2) is 0 Å². The molecule has 1 aromatic carbocycles. The molecule has 0 spiro atoms. The third-order valence-electron chi connectivity index (χ3n) is 3.46. The molecule has 1 fully saturated rings. The first-order chi connectivity index (χ1) is 7.33. The van der Waals surface area contributed by atoms with Gasteiger partial charge in [-0.15, -0.1) is 0 Å². The van der Waals surface area contributed by atoms with Crippen LogP contribution >= 0.6 is 15.9 Å². The average molecular weight is 264 g/mol. The van der Waals surface area contributed by atoms with Crippen LogP contribution in [0.15, 0.2) is 28.9 Å². The molecule has 0 saturated heterocycles.